The summed E-state index contributed by atoms with van der Waals surface area (Å²) in [6.07, 6.45) is 0.454. The predicted molar refractivity (Wildman–Crippen MR) is 71.4 cm³/mol. The summed E-state index contributed by atoms with van der Waals surface area (Å²) in [5, 5.41) is 21.8. The number of halogens is 1. The minimum absolute atomic E-state index is 0.0971. The molecule has 0 saturated carbocycles. The molecule has 0 bridgehead atoms. The van der Waals surface area contributed by atoms with Crippen LogP contribution in [-0.4, -0.2) is 28.5 Å². The van der Waals surface area contributed by atoms with E-state index >= 15 is 0 Å². The van der Waals surface area contributed by atoms with Gasteiger partial charge in [0.25, 0.3) is 11.6 Å². The molecule has 1 rings (SSSR count). The molecule has 0 radical (unpaired) electrons. The van der Waals surface area contributed by atoms with E-state index < -0.39 is 28.3 Å². The Morgan fingerprint density at radius 3 is 2.62 bits per heavy atom. The van der Waals surface area contributed by atoms with Crippen LogP contribution in [0.2, 0.25) is 0 Å². The standard InChI is InChI=1S/C13H15FN2O5/c1-2-8(3-12(17)18)7-15-13(19)9-4-10(14)6-11(5-9)16(20)21/h4-6,8H,2-3,7H2,1H3,(H,15,19)(H,17,18). The van der Waals surface area contributed by atoms with E-state index in [2.05, 4.69) is 5.32 Å². The molecule has 1 atom stereocenters. The highest BCUT2D eigenvalue weighted by molar-refractivity contribution is 5.94. The van der Waals surface area contributed by atoms with Crippen molar-refractivity contribution in [3.8, 4) is 0 Å². The number of nitro groups is 1. The second-order valence-electron chi connectivity index (χ2n) is 4.54. The van der Waals surface area contributed by atoms with Gasteiger partial charge in [0.2, 0.25) is 0 Å². The summed E-state index contributed by atoms with van der Waals surface area (Å²) < 4.78 is 13.2. The topological polar surface area (TPSA) is 110 Å². The van der Waals surface area contributed by atoms with Crippen molar-refractivity contribution in [1.82, 2.24) is 5.32 Å². The first-order valence-electron chi connectivity index (χ1n) is 6.28. The fraction of sp³-hybridized carbons (Fsp3) is 0.385. The predicted octanol–water partition coefficient (Wildman–Crippen LogP) is 1.96. The smallest absolute Gasteiger partial charge is 0.303 e. The number of nitrogens with one attached hydrogen (secondary N) is 1. The number of hydrogen-bond acceptors (Lipinski definition) is 4. The summed E-state index contributed by atoms with van der Waals surface area (Å²) in [7, 11) is 0. The number of aliphatic carboxylic acids is 1. The highest BCUT2D eigenvalue weighted by Gasteiger charge is 2.17. The zero-order chi connectivity index (χ0) is 16.0. The van der Waals surface area contributed by atoms with Crippen LogP contribution in [0, 0.1) is 21.8 Å². The molecule has 0 aliphatic carbocycles. The summed E-state index contributed by atoms with van der Waals surface area (Å²) in [6, 6.07) is 2.58. The van der Waals surface area contributed by atoms with E-state index in [0.717, 1.165) is 18.2 Å². The summed E-state index contributed by atoms with van der Waals surface area (Å²) in [6.45, 7) is 1.89. The number of carboxylic acids is 1. The SMILES string of the molecule is CCC(CNC(=O)c1cc(F)cc([N+](=O)[O-])c1)CC(=O)O. The van der Waals surface area contributed by atoms with E-state index in [-0.39, 0.29) is 24.4 Å². The maximum atomic E-state index is 13.2. The quantitative estimate of drug-likeness (QED) is 0.590. The maximum Gasteiger partial charge on any atom is 0.303 e. The molecule has 0 saturated heterocycles. The lowest BCUT2D eigenvalue weighted by molar-refractivity contribution is -0.385. The van der Waals surface area contributed by atoms with Crippen LogP contribution < -0.4 is 5.32 Å². The van der Waals surface area contributed by atoms with Crippen molar-refractivity contribution in [2.45, 2.75) is 19.8 Å². The van der Waals surface area contributed by atoms with E-state index in [4.69, 9.17) is 5.11 Å². The Bertz CT molecular complexity index is 561. The Morgan fingerprint density at radius 1 is 1.43 bits per heavy atom. The molecular formula is C13H15FN2O5. The Kier molecular flexibility index (Phi) is 5.77. The Balaban J connectivity index is 2.75. The van der Waals surface area contributed by atoms with Gasteiger partial charge in [-0.25, -0.2) is 4.39 Å². The van der Waals surface area contributed by atoms with Gasteiger partial charge in [0.05, 0.1) is 11.0 Å². The number of nitrogens with zero attached hydrogens (tertiary/aromatic N) is 1. The molecule has 21 heavy (non-hydrogen) atoms. The molecule has 114 valence electrons. The zero-order valence-electron chi connectivity index (χ0n) is 11.3. The molecule has 0 aromatic heterocycles. The molecule has 1 amide bonds. The first kappa shape index (κ1) is 16.5. The van der Waals surface area contributed by atoms with E-state index in [1.165, 1.54) is 0 Å². The third kappa shape index (κ3) is 5.17. The van der Waals surface area contributed by atoms with E-state index in [9.17, 15) is 24.1 Å². The molecule has 0 heterocycles. The normalized spacial score (nSPS) is 11.7. The first-order chi connectivity index (χ1) is 9.83. The van der Waals surface area contributed by atoms with E-state index in [1.807, 2.05) is 0 Å². The van der Waals surface area contributed by atoms with Crippen LogP contribution in [0.4, 0.5) is 10.1 Å². The molecule has 0 fully saturated rings. The van der Waals surface area contributed by atoms with Crippen molar-refractivity contribution in [1.29, 1.82) is 0 Å². The van der Waals surface area contributed by atoms with Crippen molar-refractivity contribution in [2.75, 3.05) is 6.54 Å². The van der Waals surface area contributed by atoms with Gasteiger partial charge in [-0.3, -0.25) is 19.7 Å². The first-order valence-corrected chi connectivity index (χ1v) is 6.28. The number of nitro benzene ring substituents is 1. The number of benzene rings is 1. The van der Waals surface area contributed by atoms with Crippen LogP contribution in [0.25, 0.3) is 0 Å². The van der Waals surface area contributed by atoms with Crippen molar-refractivity contribution < 1.29 is 24.0 Å². The molecular weight excluding hydrogens is 283 g/mol. The number of rotatable bonds is 7. The van der Waals surface area contributed by atoms with Gasteiger partial charge in [0.1, 0.15) is 5.82 Å². The molecule has 0 spiro atoms. The monoisotopic (exact) mass is 298 g/mol. The fourth-order valence-corrected chi connectivity index (χ4v) is 1.76. The van der Waals surface area contributed by atoms with Crippen LogP contribution in [0.5, 0.6) is 0 Å². The van der Waals surface area contributed by atoms with Gasteiger partial charge < -0.3 is 10.4 Å². The number of hydrogen-bond donors (Lipinski definition) is 2. The van der Waals surface area contributed by atoms with Crippen molar-refractivity contribution in [2.24, 2.45) is 5.92 Å². The van der Waals surface area contributed by atoms with Gasteiger partial charge in [0.15, 0.2) is 0 Å². The second kappa shape index (κ2) is 7.32. The fourth-order valence-electron chi connectivity index (χ4n) is 1.76. The minimum atomic E-state index is -0.975. The Morgan fingerprint density at radius 2 is 2.10 bits per heavy atom. The summed E-state index contributed by atoms with van der Waals surface area (Å²) >= 11 is 0. The lowest BCUT2D eigenvalue weighted by Crippen LogP contribution is -2.30. The molecule has 8 heteroatoms. The Labute approximate surface area is 119 Å². The second-order valence-corrected chi connectivity index (χ2v) is 4.54. The number of carbonyl (C=O) groups excluding carboxylic acids is 1. The molecule has 1 aromatic rings. The molecule has 1 aromatic carbocycles. The zero-order valence-corrected chi connectivity index (χ0v) is 11.3. The number of amides is 1. The average Bonchev–Trinajstić information content (AvgIpc) is 2.41. The van der Waals surface area contributed by atoms with Gasteiger partial charge in [0, 0.05) is 24.6 Å². The van der Waals surface area contributed by atoms with Crippen LogP contribution in [0.3, 0.4) is 0 Å². The van der Waals surface area contributed by atoms with Crippen LogP contribution in [-0.2, 0) is 4.79 Å². The van der Waals surface area contributed by atoms with Crippen LogP contribution in [0.15, 0.2) is 18.2 Å². The molecule has 0 aliphatic rings. The maximum absolute atomic E-state index is 13.2. The van der Waals surface area contributed by atoms with Gasteiger partial charge >= 0.3 is 5.97 Å². The largest absolute Gasteiger partial charge is 0.481 e. The van der Waals surface area contributed by atoms with Gasteiger partial charge in [-0.1, -0.05) is 13.3 Å². The van der Waals surface area contributed by atoms with Crippen LogP contribution in [0.1, 0.15) is 30.1 Å². The van der Waals surface area contributed by atoms with E-state index in [1.54, 1.807) is 6.92 Å². The number of carbonyl (C=O) groups is 2. The summed E-state index contributed by atoms with van der Waals surface area (Å²) in [5.74, 6) is -2.79. The lowest BCUT2D eigenvalue weighted by atomic mass is 10.0. The van der Waals surface area contributed by atoms with Gasteiger partial charge in [-0.15, -0.1) is 0 Å². The van der Waals surface area contributed by atoms with Crippen molar-refractivity contribution in [3.63, 3.8) is 0 Å². The highest BCUT2D eigenvalue weighted by Crippen LogP contribution is 2.16. The molecule has 7 nitrogen and oxygen atoms in total. The molecule has 1 unspecified atom stereocenters. The average molecular weight is 298 g/mol. The lowest BCUT2D eigenvalue weighted by Gasteiger charge is -2.13. The minimum Gasteiger partial charge on any atom is -0.481 e. The van der Waals surface area contributed by atoms with Crippen LogP contribution >= 0.6 is 0 Å². The van der Waals surface area contributed by atoms with E-state index in [0.29, 0.717) is 6.42 Å². The van der Waals surface area contributed by atoms with Crippen molar-refractivity contribution in [3.05, 3.63) is 39.7 Å². The van der Waals surface area contributed by atoms with Gasteiger partial charge in [-0.2, -0.15) is 0 Å². The third-order valence-corrected chi connectivity index (χ3v) is 2.95. The molecule has 0 aliphatic heterocycles. The summed E-state index contributed by atoms with van der Waals surface area (Å²) in [5.41, 5.74) is -0.690. The summed E-state index contributed by atoms with van der Waals surface area (Å²) in [4.78, 5) is 32.3. The van der Waals surface area contributed by atoms with Crippen molar-refractivity contribution >= 4 is 17.6 Å². The number of non-ortho nitro benzene ring substituents is 1. The highest BCUT2D eigenvalue weighted by atomic mass is 19.1. The Hall–Kier alpha value is -2.51. The molecule has 2 N–H and O–H groups in total. The number of carboxylic acid groups (broad SMARTS) is 1. The third-order valence-electron chi connectivity index (χ3n) is 2.95. The van der Waals surface area contributed by atoms with Gasteiger partial charge in [-0.05, 0) is 12.0 Å².